The van der Waals surface area contributed by atoms with Gasteiger partial charge in [0.25, 0.3) is 0 Å². The number of aromatic amines is 1. The van der Waals surface area contributed by atoms with E-state index in [1.54, 1.807) is 0 Å². The van der Waals surface area contributed by atoms with E-state index < -0.39 is 0 Å². The molecule has 4 rings (SSSR count). The van der Waals surface area contributed by atoms with Crippen molar-refractivity contribution >= 4 is 10.9 Å². The first-order chi connectivity index (χ1) is 12.8. The topological polar surface area (TPSA) is 57.1 Å². The first kappa shape index (κ1) is 17.3. The Morgan fingerprint density at radius 1 is 1.19 bits per heavy atom. The quantitative estimate of drug-likeness (QED) is 0.686. The Hall–Kier alpha value is -2.11. The number of fused-ring (bicyclic) bond motifs is 2. The van der Waals surface area contributed by atoms with Crippen LogP contribution >= 0.6 is 0 Å². The largest absolute Gasteiger partial charge is 0.396 e. The summed E-state index contributed by atoms with van der Waals surface area (Å²) in [5.41, 5.74) is 6.60. The number of nitrogens with zero attached hydrogens (tertiary/aromatic N) is 3. The van der Waals surface area contributed by atoms with E-state index in [9.17, 15) is 0 Å². The number of aryl methyl sites for hydroxylation is 2. The van der Waals surface area contributed by atoms with E-state index in [0.29, 0.717) is 0 Å². The molecule has 0 amide bonds. The minimum Gasteiger partial charge on any atom is -0.396 e. The van der Waals surface area contributed by atoms with Gasteiger partial charge in [0.2, 0.25) is 0 Å². The molecule has 0 atom stereocenters. The van der Waals surface area contributed by atoms with Gasteiger partial charge in [0, 0.05) is 49.0 Å². The summed E-state index contributed by atoms with van der Waals surface area (Å²) >= 11 is 0. The van der Waals surface area contributed by atoms with Crippen LogP contribution in [0.25, 0.3) is 10.9 Å². The molecule has 26 heavy (non-hydrogen) atoms. The molecule has 0 unspecified atom stereocenters. The van der Waals surface area contributed by atoms with E-state index in [1.807, 2.05) is 0 Å². The van der Waals surface area contributed by atoms with Gasteiger partial charge in [-0.1, -0.05) is 18.2 Å². The van der Waals surface area contributed by atoms with Gasteiger partial charge < -0.3 is 9.67 Å². The monoisotopic (exact) mass is 352 g/mol. The van der Waals surface area contributed by atoms with Gasteiger partial charge in [0.15, 0.2) is 0 Å². The Balaban J connectivity index is 1.52. The molecule has 2 N–H and O–H groups in total. The van der Waals surface area contributed by atoms with Crippen LogP contribution in [-0.4, -0.2) is 38.4 Å². The van der Waals surface area contributed by atoms with Crippen molar-refractivity contribution in [3.05, 3.63) is 53.0 Å². The minimum absolute atomic E-state index is 0.228. The van der Waals surface area contributed by atoms with E-state index in [1.165, 1.54) is 46.3 Å². The Morgan fingerprint density at radius 2 is 2.04 bits per heavy atom. The fourth-order valence-electron chi connectivity index (χ4n) is 4.16. The molecule has 1 aromatic carbocycles. The number of nitrogens with one attached hydrogen (secondary N) is 1. The van der Waals surface area contributed by atoms with E-state index in [4.69, 9.17) is 5.11 Å². The predicted molar refractivity (Wildman–Crippen MR) is 104 cm³/mol. The summed E-state index contributed by atoms with van der Waals surface area (Å²) in [7, 11) is 2.17. The highest BCUT2D eigenvalue weighted by Gasteiger charge is 2.18. The van der Waals surface area contributed by atoms with E-state index >= 15 is 0 Å². The highest BCUT2D eigenvalue weighted by Crippen LogP contribution is 2.25. The van der Waals surface area contributed by atoms with Crippen LogP contribution in [0.5, 0.6) is 0 Å². The van der Waals surface area contributed by atoms with Crippen molar-refractivity contribution in [2.24, 2.45) is 0 Å². The number of aromatic nitrogens is 3. The van der Waals surface area contributed by atoms with E-state index in [-0.39, 0.29) is 6.61 Å². The third kappa shape index (κ3) is 3.41. The zero-order valence-electron chi connectivity index (χ0n) is 15.5. The van der Waals surface area contributed by atoms with Crippen molar-refractivity contribution < 1.29 is 5.11 Å². The fraction of sp³-hybridized carbons (Fsp3) is 0.476. The number of H-pyrrole nitrogens is 1. The molecular weight excluding hydrogens is 324 g/mol. The highest BCUT2D eigenvalue weighted by atomic mass is 16.3. The van der Waals surface area contributed by atoms with Crippen molar-refractivity contribution in [2.45, 2.75) is 51.7 Å². The Bertz CT molecular complexity index is 879. The molecule has 2 heterocycles. The Labute approximate surface area is 154 Å². The maximum atomic E-state index is 9.16. The third-order valence-corrected chi connectivity index (χ3v) is 5.43. The van der Waals surface area contributed by atoms with Crippen molar-refractivity contribution in [1.29, 1.82) is 0 Å². The number of benzene rings is 1. The molecule has 2 aromatic heterocycles. The average Bonchev–Trinajstić information content (AvgIpc) is 3.22. The number of rotatable bonds is 7. The molecule has 0 spiro atoms. The van der Waals surface area contributed by atoms with Gasteiger partial charge in [-0.05, 0) is 56.3 Å². The van der Waals surface area contributed by atoms with Crippen molar-refractivity contribution in [3.63, 3.8) is 0 Å². The van der Waals surface area contributed by atoms with Crippen LogP contribution in [0.4, 0.5) is 0 Å². The van der Waals surface area contributed by atoms with Gasteiger partial charge in [-0.2, -0.15) is 5.10 Å². The van der Waals surface area contributed by atoms with Gasteiger partial charge in [0.05, 0.1) is 5.69 Å². The second kappa shape index (κ2) is 7.64. The SMILES string of the molecule is CN(Cc1n[nH]c2c1CCCC2)Cc1cn(CCCO)c2ccccc12. The molecule has 1 aliphatic carbocycles. The molecule has 5 nitrogen and oxygen atoms in total. The van der Waals surface area contributed by atoms with Crippen LogP contribution < -0.4 is 0 Å². The number of hydrogen-bond acceptors (Lipinski definition) is 3. The fourth-order valence-corrected chi connectivity index (χ4v) is 4.16. The molecule has 0 aliphatic heterocycles. The molecule has 0 bridgehead atoms. The number of para-hydroxylation sites is 1. The standard InChI is InChI=1S/C21H28N4O/c1-24(15-20-18-8-2-4-9-19(18)22-23-20)13-16-14-25(11-6-12-26)21-10-5-3-7-17(16)21/h3,5,7,10,14,26H,2,4,6,8-9,11-13,15H2,1H3,(H,22,23). The van der Waals surface area contributed by atoms with Crippen molar-refractivity contribution in [3.8, 4) is 0 Å². The van der Waals surface area contributed by atoms with Crippen LogP contribution in [0.15, 0.2) is 30.5 Å². The van der Waals surface area contributed by atoms with Crippen LogP contribution in [0, 0.1) is 0 Å². The van der Waals surface area contributed by atoms with E-state index in [0.717, 1.165) is 38.9 Å². The van der Waals surface area contributed by atoms with Gasteiger partial charge in [-0.15, -0.1) is 0 Å². The van der Waals surface area contributed by atoms with Gasteiger partial charge in [0.1, 0.15) is 0 Å². The summed E-state index contributed by atoms with van der Waals surface area (Å²) in [5.74, 6) is 0. The highest BCUT2D eigenvalue weighted by molar-refractivity contribution is 5.83. The first-order valence-corrected chi connectivity index (χ1v) is 9.67. The smallest absolute Gasteiger partial charge is 0.0797 e. The molecule has 0 radical (unpaired) electrons. The minimum atomic E-state index is 0.228. The molecule has 3 aromatic rings. The summed E-state index contributed by atoms with van der Waals surface area (Å²) < 4.78 is 2.27. The van der Waals surface area contributed by atoms with E-state index in [2.05, 4.69) is 57.2 Å². The van der Waals surface area contributed by atoms with Crippen LogP contribution in [-0.2, 0) is 32.5 Å². The molecule has 0 saturated carbocycles. The molecule has 5 heteroatoms. The lowest BCUT2D eigenvalue weighted by Crippen LogP contribution is -2.18. The second-order valence-electron chi connectivity index (χ2n) is 7.45. The summed E-state index contributed by atoms with van der Waals surface area (Å²) in [6, 6.07) is 8.55. The van der Waals surface area contributed by atoms with Crippen LogP contribution in [0.2, 0.25) is 0 Å². The number of hydrogen-bond donors (Lipinski definition) is 2. The van der Waals surface area contributed by atoms with Crippen molar-refractivity contribution in [1.82, 2.24) is 19.7 Å². The Morgan fingerprint density at radius 3 is 2.92 bits per heavy atom. The van der Waals surface area contributed by atoms with Gasteiger partial charge >= 0.3 is 0 Å². The summed E-state index contributed by atoms with van der Waals surface area (Å²) in [4.78, 5) is 2.35. The summed E-state index contributed by atoms with van der Waals surface area (Å²) in [6.45, 7) is 2.86. The summed E-state index contributed by atoms with van der Waals surface area (Å²) in [5, 5.41) is 18.3. The maximum Gasteiger partial charge on any atom is 0.0797 e. The molecule has 1 aliphatic rings. The molecule has 138 valence electrons. The zero-order valence-corrected chi connectivity index (χ0v) is 15.5. The average molecular weight is 352 g/mol. The first-order valence-electron chi connectivity index (χ1n) is 9.67. The lowest BCUT2D eigenvalue weighted by Gasteiger charge is -2.17. The molecule has 0 saturated heterocycles. The lowest BCUT2D eigenvalue weighted by molar-refractivity contribution is 0.280. The molecular formula is C21H28N4O. The zero-order chi connectivity index (χ0) is 17.9. The van der Waals surface area contributed by atoms with Gasteiger partial charge in [-0.3, -0.25) is 10.00 Å². The van der Waals surface area contributed by atoms with Crippen molar-refractivity contribution in [2.75, 3.05) is 13.7 Å². The van der Waals surface area contributed by atoms with Gasteiger partial charge in [-0.25, -0.2) is 0 Å². The lowest BCUT2D eigenvalue weighted by atomic mass is 9.96. The maximum absolute atomic E-state index is 9.16. The van der Waals surface area contributed by atoms with Crippen LogP contribution in [0.1, 0.15) is 41.8 Å². The number of aliphatic hydroxyl groups excluding tert-OH is 1. The Kier molecular flexibility index (Phi) is 5.09. The molecule has 0 fully saturated rings. The normalized spacial score (nSPS) is 14.3. The second-order valence-corrected chi connectivity index (χ2v) is 7.45. The van der Waals surface area contributed by atoms with Crippen LogP contribution in [0.3, 0.4) is 0 Å². The summed E-state index contributed by atoms with van der Waals surface area (Å²) in [6.07, 6.45) is 7.89. The third-order valence-electron chi connectivity index (χ3n) is 5.43. The number of aliphatic hydroxyl groups is 1. The predicted octanol–water partition coefficient (Wildman–Crippen LogP) is 3.26.